The van der Waals surface area contributed by atoms with Crippen molar-refractivity contribution in [3.63, 3.8) is 0 Å². The van der Waals surface area contributed by atoms with Gasteiger partial charge in [0.05, 0.1) is 0 Å². The van der Waals surface area contributed by atoms with Gasteiger partial charge in [0.1, 0.15) is 0 Å². The second kappa shape index (κ2) is 6.98. The van der Waals surface area contributed by atoms with Crippen molar-refractivity contribution in [1.29, 1.82) is 0 Å². The molecule has 0 saturated carbocycles. The zero-order chi connectivity index (χ0) is 13.6. The monoisotopic (exact) mass is 262 g/mol. The van der Waals surface area contributed by atoms with Crippen LogP contribution in [0, 0.1) is 5.41 Å². The number of hydrogen-bond donors (Lipinski definition) is 2. The van der Waals surface area contributed by atoms with Gasteiger partial charge >= 0.3 is 0 Å². The molecule has 1 fully saturated rings. The molecule has 2 heterocycles. The van der Waals surface area contributed by atoms with Crippen LogP contribution in [-0.4, -0.2) is 49.2 Å². The van der Waals surface area contributed by atoms with Crippen LogP contribution in [0.25, 0.3) is 0 Å². The highest BCUT2D eigenvalue weighted by molar-refractivity contribution is 5.09. The van der Waals surface area contributed by atoms with Gasteiger partial charge in [-0.3, -0.25) is 4.98 Å². The molecule has 19 heavy (non-hydrogen) atoms. The van der Waals surface area contributed by atoms with E-state index in [1.807, 2.05) is 12.4 Å². The van der Waals surface area contributed by atoms with E-state index in [1.54, 1.807) is 0 Å². The summed E-state index contributed by atoms with van der Waals surface area (Å²) in [5.74, 6) is 0. The highest BCUT2D eigenvalue weighted by atomic mass is 15.2. The van der Waals surface area contributed by atoms with Gasteiger partial charge in [0.15, 0.2) is 0 Å². The fourth-order valence-electron chi connectivity index (χ4n) is 2.58. The Labute approximate surface area is 116 Å². The van der Waals surface area contributed by atoms with Gasteiger partial charge < -0.3 is 15.5 Å². The van der Waals surface area contributed by atoms with Crippen LogP contribution in [0.2, 0.25) is 0 Å². The summed E-state index contributed by atoms with van der Waals surface area (Å²) in [4.78, 5) is 6.60. The molecule has 0 radical (unpaired) electrons. The predicted molar refractivity (Wildman–Crippen MR) is 79.0 cm³/mol. The Morgan fingerprint density at radius 3 is 2.63 bits per heavy atom. The lowest BCUT2D eigenvalue weighted by atomic mass is 9.92. The quantitative estimate of drug-likeness (QED) is 0.805. The Morgan fingerprint density at radius 1 is 1.26 bits per heavy atom. The summed E-state index contributed by atoms with van der Waals surface area (Å²) in [6, 6.07) is 4.13. The summed E-state index contributed by atoms with van der Waals surface area (Å²) in [5.41, 5.74) is 1.61. The normalized spacial score (nSPS) is 17.6. The molecule has 1 aliphatic rings. The Bertz CT molecular complexity index is 358. The summed E-state index contributed by atoms with van der Waals surface area (Å²) < 4.78 is 0. The molecule has 0 bridgehead atoms. The first-order chi connectivity index (χ1) is 9.16. The third-order valence-corrected chi connectivity index (χ3v) is 3.54. The first-order valence-corrected chi connectivity index (χ1v) is 7.18. The molecule has 106 valence electrons. The molecule has 1 aliphatic heterocycles. The van der Waals surface area contributed by atoms with Gasteiger partial charge in [-0.25, -0.2) is 0 Å². The molecule has 0 aliphatic carbocycles. The molecule has 0 spiro atoms. The van der Waals surface area contributed by atoms with Crippen LogP contribution in [0.5, 0.6) is 0 Å². The number of rotatable bonds is 6. The Balaban J connectivity index is 1.71. The number of piperazine rings is 1. The van der Waals surface area contributed by atoms with Crippen molar-refractivity contribution >= 4 is 0 Å². The van der Waals surface area contributed by atoms with Crippen LogP contribution in [0.15, 0.2) is 24.5 Å². The minimum Gasteiger partial charge on any atom is -0.314 e. The molecule has 2 rings (SSSR count). The second-order valence-corrected chi connectivity index (χ2v) is 6.15. The maximum Gasteiger partial charge on any atom is 0.0271 e. The van der Waals surface area contributed by atoms with Gasteiger partial charge in [-0.05, 0) is 23.1 Å². The Kier molecular flexibility index (Phi) is 5.31. The van der Waals surface area contributed by atoms with E-state index in [1.165, 1.54) is 18.7 Å². The number of nitrogens with zero attached hydrogens (tertiary/aromatic N) is 2. The Hall–Kier alpha value is -0.970. The highest BCUT2D eigenvalue weighted by Gasteiger charge is 2.22. The molecule has 4 heteroatoms. The van der Waals surface area contributed by atoms with Crippen LogP contribution >= 0.6 is 0 Å². The fourth-order valence-corrected chi connectivity index (χ4v) is 2.58. The number of aromatic nitrogens is 1. The van der Waals surface area contributed by atoms with Crippen molar-refractivity contribution in [2.24, 2.45) is 5.41 Å². The third-order valence-electron chi connectivity index (χ3n) is 3.54. The van der Waals surface area contributed by atoms with Gasteiger partial charge in [-0.15, -0.1) is 0 Å². The van der Waals surface area contributed by atoms with Gasteiger partial charge in [0.2, 0.25) is 0 Å². The van der Waals surface area contributed by atoms with Gasteiger partial charge in [-0.2, -0.15) is 0 Å². The summed E-state index contributed by atoms with van der Waals surface area (Å²) in [5, 5.41) is 6.96. The van der Waals surface area contributed by atoms with E-state index in [4.69, 9.17) is 0 Å². The molecule has 1 aromatic heterocycles. The standard InChI is InChI=1S/C15H26N4/c1-15(2,13-19-9-7-17-8-10-19)12-18-11-14-3-5-16-6-4-14/h3-6,17-18H,7-13H2,1-2H3. The molecule has 0 unspecified atom stereocenters. The Morgan fingerprint density at radius 2 is 1.95 bits per heavy atom. The minimum absolute atomic E-state index is 0.310. The molecule has 0 atom stereocenters. The summed E-state index contributed by atoms with van der Waals surface area (Å²) in [6.45, 7) is 12.4. The van der Waals surface area contributed by atoms with Crippen molar-refractivity contribution in [2.75, 3.05) is 39.3 Å². The molecular formula is C15H26N4. The zero-order valence-electron chi connectivity index (χ0n) is 12.2. The van der Waals surface area contributed by atoms with Crippen molar-refractivity contribution in [2.45, 2.75) is 20.4 Å². The fraction of sp³-hybridized carbons (Fsp3) is 0.667. The van der Waals surface area contributed by atoms with Crippen molar-refractivity contribution in [3.8, 4) is 0 Å². The van der Waals surface area contributed by atoms with E-state index in [2.05, 4.69) is 46.5 Å². The number of hydrogen-bond acceptors (Lipinski definition) is 4. The maximum absolute atomic E-state index is 4.04. The number of nitrogens with one attached hydrogen (secondary N) is 2. The summed E-state index contributed by atoms with van der Waals surface area (Å²) >= 11 is 0. The first kappa shape index (κ1) is 14.4. The zero-order valence-corrected chi connectivity index (χ0v) is 12.2. The number of pyridine rings is 1. The van der Waals surface area contributed by atoms with Crippen LogP contribution in [0.3, 0.4) is 0 Å². The van der Waals surface area contributed by atoms with E-state index >= 15 is 0 Å². The van der Waals surface area contributed by atoms with E-state index in [-0.39, 0.29) is 0 Å². The molecule has 1 saturated heterocycles. The minimum atomic E-state index is 0.310. The summed E-state index contributed by atoms with van der Waals surface area (Å²) in [6.07, 6.45) is 3.70. The van der Waals surface area contributed by atoms with Crippen LogP contribution in [-0.2, 0) is 6.54 Å². The van der Waals surface area contributed by atoms with E-state index in [9.17, 15) is 0 Å². The van der Waals surface area contributed by atoms with Gasteiger partial charge in [-0.1, -0.05) is 13.8 Å². The lowest BCUT2D eigenvalue weighted by Gasteiger charge is -2.35. The average Bonchev–Trinajstić information content (AvgIpc) is 2.40. The van der Waals surface area contributed by atoms with Gasteiger partial charge in [0, 0.05) is 58.2 Å². The molecule has 0 aromatic carbocycles. The predicted octanol–water partition coefficient (Wildman–Crippen LogP) is 1.10. The van der Waals surface area contributed by atoms with E-state index < -0.39 is 0 Å². The molecule has 1 aromatic rings. The molecule has 4 nitrogen and oxygen atoms in total. The van der Waals surface area contributed by atoms with Crippen molar-refractivity contribution in [1.82, 2.24) is 20.5 Å². The second-order valence-electron chi connectivity index (χ2n) is 6.15. The maximum atomic E-state index is 4.04. The SMILES string of the molecule is CC(C)(CNCc1ccncc1)CN1CCNCC1. The molecule has 0 amide bonds. The average molecular weight is 262 g/mol. The van der Waals surface area contributed by atoms with E-state index in [0.717, 1.165) is 32.7 Å². The highest BCUT2D eigenvalue weighted by Crippen LogP contribution is 2.16. The first-order valence-electron chi connectivity index (χ1n) is 7.18. The van der Waals surface area contributed by atoms with Crippen LogP contribution < -0.4 is 10.6 Å². The van der Waals surface area contributed by atoms with Gasteiger partial charge in [0.25, 0.3) is 0 Å². The largest absolute Gasteiger partial charge is 0.314 e. The molecular weight excluding hydrogens is 236 g/mol. The third kappa shape index (κ3) is 5.27. The lowest BCUT2D eigenvalue weighted by Crippen LogP contribution is -2.48. The lowest BCUT2D eigenvalue weighted by molar-refractivity contribution is 0.158. The van der Waals surface area contributed by atoms with E-state index in [0.29, 0.717) is 5.41 Å². The van der Waals surface area contributed by atoms with Crippen molar-refractivity contribution in [3.05, 3.63) is 30.1 Å². The van der Waals surface area contributed by atoms with Crippen molar-refractivity contribution < 1.29 is 0 Å². The summed E-state index contributed by atoms with van der Waals surface area (Å²) in [7, 11) is 0. The van der Waals surface area contributed by atoms with Crippen LogP contribution in [0.4, 0.5) is 0 Å². The van der Waals surface area contributed by atoms with Crippen LogP contribution in [0.1, 0.15) is 19.4 Å². The smallest absolute Gasteiger partial charge is 0.0271 e. The molecule has 2 N–H and O–H groups in total. The topological polar surface area (TPSA) is 40.2 Å².